The van der Waals surface area contributed by atoms with Crippen molar-refractivity contribution in [2.45, 2.75) is 19.4 Å². The third-order valence-electron chi connectivity index (χ3n) is 2.04. The molecule has 0 fully saturated rings. The first-order valence-corrected chi connectivity index (χ1v) is 4.49. The Hall–Kier alpha value is -1.93. The van der Waals surface area contributed by atoms with Crippen LogP contribution in [0.1, 0.15) is 11.1 Å². The van der Waals surface area contributed by atoms with Crippen molar-refractivity contribution in [1.82, 2.24) is 0 Å². The lowest BCUT2D eigenvalue weighted by Gasteiger charge is -2.05. The fourth-order valence-corrected chi connectivity index (χ4v) is 1.20. The standard InChI is InChI=1S/C11H11NO3/c1-8-2-4-9(5-3-8)6-10(11(14)15)12-7-13/h2-5,10H,6H2,1H3,(H,14,15). The molecule has 15 heavy (non-hydrogen) atoms. The number of rotatable bonds is 4. The maximum Gasteiger partial charge on any atom is 0.329 e. The number of aliphatic carboxylic acids is 1. The number of benzene rings is 1. The van der Waals surface area contributed by atoms with Crippen molar-refractivity contribution in [2.24, 2.45) is 4.99 Å². The van der Waals surface area contributed by atoms with Gasteiger partial charge in [-0.05, 0) is 12.5 Å². The number of hydrogen-bond acceptors (Lipinski definition) is 3. The summed E-state index contributed by atoms with van der Waals surface area (Å²) in [4.78, 5) is 23.9. The average Bonchev–Trinajstić information content (AvgIpc) is 2.20. The molecule has 78 valence electrons. The van der Waals surface area contributed by atoms with Gasteiger partial charge in [0.15, 0.2) is 6.04 Å². The van der Waals surface area contributed by atoms with E-state index in [0.717, 1.165) is 11.1 Å². The van der Waals surface area contributed by atoms with E-state index >= 15 is 0 Å². The molecule has 0 saturated heterocycles. The number of isocyanates is 1. The molecule has 1 aromatic rings. The maximum atomic E-state index is 10.7. The maximum absolute atomic E-state index is 10.7. The van der Waals surface area contributed by atoms with Crippen LogP contribution in [0.5, 0.6) is 0 Å². The third kappa shape index (κ3) is 3.37. The lowest BCUT2D eigenvalue weighted by molar-refractivity contribution is -0.138. The number of carbonyl (C=O) groups is 1. The van der Waals surface area contributed by atoms with Crippen molar-refractivity contribution in [3.8, 4) is 0 Å². The second-order valence-electron chi connectivity index (χ2n) is 3.26. The van der Waals surface area contributed by atoms with Gasteiger partial charge < -0.3 is 5.11 Å². The minimum Gasteiger partial charge on any atom is -0.480 e. The molecule has 0 saturated carbocycles. The zero-order valence-electron chi connectivity index (χ0n) is 8.30. The van der Waals surface area contributed by atoms with Crippen LogP contribution in [0.15, 0.2) is 29.3 Å². The van der Waals surface area contributed by atoms with Gasteiger partial charge >= 0.3 is 5.97 Å². The van der Waals surface area contributed by atoms with Gasteiger partial charge in [-0.3, -0.25) is 0 Å². The third-order valence-corrected chi connectivity index (χ3v) is 2.04. The van der Waals surface area contributed by atoms with Gasteiger partial charge in [0.1, 0.15) is 0 Å². The molecule has 0 amide bonds. The topological polar surface area (TPSA) is 66.7 Å². The van der Waals surface area contributed by atoms with Crippen LogP contribution in [0.3, 0.4) is 0 Å². The van der Waals surface area contributed by atoms with Crippen molar-refractivity contribution >= 4 is 12.0 Å². The summed E-state index contributed by atoms with van der Waals surface area (Å²) < 4.78 is 0. The first kappa shape index (κ1) is 11.1. The molecule has 1 aromatic carbocycles. The Bertz CT molecular complexity index is 389. The highest BCUT2D eigenvalue weighted by atomic mass is 16.4. The zero-order chi connectivity index (χ0) is 11.3. The normalized spacial score (nSPS) is 11.5. The van der Waals surface area contributed by atoms with Crippen LogP contribution >= 0.6 is 0 Å². The Labute approximate surface area is 87.3 Å². The molecular weight excluding hydrogens is 194 g/mol. The average molecular weight is 205 g/mol. The number of carboxylic acid groups (broad SMARTS) is 1. The smallest absolute Gasteiger partial charge is 0.329 e. The summed E-state index contributed by atoms with van der Waals surface area (Å²) in [5.41, 5.74) is 1.94. The summed E-state index contributed by atoms with van der Waals surface area (Å²) in [7, 11) is 0. The number of aryl methyl sites for hydroxylation is 1. The van der Waals surface area contributed by atoms with Crippen LogP contribution in [0, 0.1) is 6.92 Å². The summed E-state index contributed by atoms with van der Waals surface area (Å²) in [5, 5.41) is 8.75. The molecule has 4 heteroatoms. The van der Waals surface area contributed by atoms with Gasteiger partial charge in [0, 0.05) is 6.42 Å². The molecule has 0 aliphatic rings. The molecule has 0 aliphatic carbocycles. The highest BCUT2D eigenvalue weighted by Crippen LogP contribution is 2.08. The molecule has 0 bridgehead atoms. The van der Waals surface area contributed by atoms with Crippen LogP contribution in [0.4, 0.5) is 0 Å². The van der Waals surface area contributed by atoms with Crippen LogP contribution in [0.25, 0.3) is 0 Å². The Kier molecular flexibility index (Phi) is 3.77. The number of carboxylic acids is 1. The van der Waals surface area contributed by atoms with Crippen molar-refractivity contribution in [3.63, 3.8) is 0 Å². The predicted molar refractivity (Wildman–Crippen MR) is 54.4 cm³/mol. The quantitative estimate of drug-likeness (QED) is 0.595. The molecule has 0 heterocycles. The number of carbonyl (C=O) groups excluding carboxylic acids is 1. The van der Waals surface area contributed by atoms with Crippen molar-refractivity contribution in [3.05, 3.63) is 35.4 Å². The number of aliphatic imine (C=N–C) groups is 1. The van der Waals surface area contributed by atoms with E-state index in [4.69, 9.17) is 5.11 Å². The second kappa shape index (κ2) is 5.08. The van der Waals surface area contributed by atoms with Gasteiger partial charge in [-0.15, -0.1) is 0 Å². The zero-order valence-corrected chi connectivity index (χ0v) is 8.30. The highest BCUT2D eigenvalue weighted by molar-refractivity contribution is 5.75. The fourth-order valence-electron chi connectivity index (χ4n) is 1.20. The minimum absolute atomic E-state index is 0.213. The van der Waals surface area contributed by atoms with E-state index in [-0.39, 0.29) is 6.42 Å². The molecule has 0 aromatic heterocycles. The summed E-state index contributed by atoms with van der Waals surface area (Å²) >= 11 is 0. The first-order valence-electron chi connectivity index (χ1n) is 4.49. The summed E-state index contributed by atoms with van der Waals surface area (Å²) in [6.07, 6.45) is 1.49. The second-order valence-corrected chi connectivity index (χ2v) is 3.26. The van der Waals surface area contributed by atoms with E-state index in [1.165, 1.54) is 6.08 Å². The van der Waals surface area contributed by atoms with Crippen LogP contribution in [-0.2, 0) is 16.0 Å². The van der Waals surface area contributed by atoms with E-state index < -0.39 is 12.0 Å². The first-order chi connectivity index (χ1) is 7.13. The molecule has 0 aliphatic heterocycles. The van der Waals surface area contributed by atoms with Gasteiger partial charge in [0.25, 0.3) is 0 Å². The molecule has 1 unspecified atom stereocenters. The highest BCUT2D eigenvalue weighted by Gasteiger charge is 2.16. The van der Waals surface area contributed by atoms with E-state index in [1.54, 1.807) is 0 Å². The van der Waals surface area contributed by atoms with E-state index in [1.807, 2.05) is 31.2 Å². The molecule has 0 radical (unpaired) electrons. The Morgan fingerprint density at radius 1 is 1.47 bits per heavy atom. The van der Waals surface area contributed by atoms with Gasteiger partial charge in [-0.1, -0.05) is 29.8 Å². The Balaban J connectivity index is 2.78. The van der Waals surface area contributed by atoms with Crippen molar-refractivity contribution in [2.75, 3.05) is 0 Å². The summed E-state index contributed by atoms with van der Waals surface area (Å²) in [6, 6.07) is 6.39. The SMILES string of the molecule is Cc1ccc(CC(N=C=O)C(=O)O)cc1. The minimum atomic E-state index is -1.11. The Morgan fingerprint density at radius 2 is 2.07 bits per heavy atom. The molecule has 1 N–H and O–H groups in total. The van der Waals surface area contributed by atoms with Crippen LogP contribution < -0.4 is 0 Å². The largest absolute Gasteiger partial charge is 0.480 e. The van der Waals surface area contributed by atoms with Gasteiger partial charge in [0.05, 0.1) is 0 Å². The van der Waals surface area contributed by atoms with Gasteiger partial charge in [-0.2, -0.15) is 4.99 Å². The van der Waals surface area contributed by atoms with E-state index in [0.29, 0.717) is 0 Å². The summed E-state index contributed by atoms with van der Waals surface area (Å²) in [5.74, 6) is -1.11. The molecule has 1 atom stereocenters. The van der Waals surface area contributed by atoms with E-state index in [2.05, 4.69) is 4.99 Å². The fraction of sp³-hybridized carbons (Fsp3) is 0.273. The number of hydrogen-bond donors (Lipinski definition) is 1. The molecule has 4 nitrogen and oxygen atoms in total. The Morgan fingerprint density at radius 3 is 2.53 bits per heavy atom. The number of nitrogens with zero attached hydrogens (tertiary/aromatic N) is 1. The summed E-state index contributed by atoms with van der Waals surface area (Å²) in [6.45, 7) is 1.95. The monoisotopic (exact) mass is 205 g/mol. The van der Waals surface area contributed by atoms with Crippen molar-refractivity contribution in [1.29, 1.82) is 0 Å². The van der Waals surface area contributed by atoms with E-state index in [9.17, 15) is 9.59 Å². The lowest BCUT2D eigenvalue weighted by Crippen LogP contribution is -2.20. The lowest BCUT2D eigenvalue weighted by atomic mass is 10.1. The van der Waals surface area contributed by atoms with Crippen molar-refractivity contribution < 1.29 is 14.7 Å². The van der Waals surface area contributed by atoms with Crippen LogP contribution in [0.2, 0.25) is 0 Å². The van der Waals surface area contributed by atoms with Gasteiger partial charge in [-0.25, -0.2) is 9.59 Å². The van der Waals surface area contributed by atoms with Crippen LogP contribution in [-0.4, -0.2) is 23.2 Å². The molecule has 1 rings (SSSR count). The van der Waals surface area contributed by atoms with Gasteiger partial charge in [0.2, 0.25) is 6.08 Å². The predicted octanol–water partition coefficient (Wildman–Crippen LogP) is 1.33. The molecular formula is C11H11NO3. The molecule has 0 spiro atoms.